The van der Waals surface area contributed by atoms with Crippen molar-refractivity contribution in [2.24, 2.45) is 5.92 Å². The van der Waals surface area contributed by atoms with Crippen LogP contribution >= 0.6 is 15.6 Å². The van der Waals surface area contributed by atoms with Crippen molar-refractivity contribution in [1.82, 2.24) is 0 Å². The topological polar surface area (TPSA) is 237 Å². The summed E-state index contributed by atoms with van der Waals surface area (Å²) in [6.07, 6.45) is 69.9. The minimum absolute atomic E-state index is 0.108. The van der Waals surface area contributed by atoms with E-state index in [-0.39, 0.29) is 25.7 Å². The van der Waals surface area contributed by atoms with Crippen molar-refractivity contribution >= 4 is 39.5 Å². The lowest BCUT2D eigenvalue weighted by atomic mass is 9.99. The van der Waals surface area contributed by atoms with Crippen molar-refractivity contribution in [3.05, 3.63) is 0 Å². The van der Waals surface area contributed by atoms with Gasteiger partial charge < -0.3 is 33.8 Å². The highest BCUT2D eigenvalue weighted by atomic mass is 31.2. The van der Waals surface area contributed by atoms with E-state index in [2.05, 4.69) is 34.6 Å². The van der Waals surface area contributed by atoms with Crippen LogP contribution in [-0.2, 0) is 65.4 Å². The SMILES string of the molecule is CCCCCCCCCCCCCCCCCCCCC(=O)OC[C@H](COP(=O)(O)OC[C@@H](O)COP(=O)(O)OC[C@@H](COC(=O)CCCCCCC)OC(=O)CCCCCCCCCCCCCCCCCCCC)OC(=O)CCCCCCCCCCCCCCCCCCCCC(C)CC. The monoisotopic (exact) mass is 1510 g/mol. The summed E-state index contributed by atoms with van der Waals surface area (Å²) in [6, 6.07) is 0. The number of aliphatic hydroxyl groups excluding tert-OH is 1. The maximum Gasteiger partial charge on any atom is 0.472 e. The molecule has 0 saturated heterocycles. The minimum atomic E-state index is -4.96. The fourth-order valence-electron chi connectivity index (χ4n) is 13.1. The Balaban J connectivity index is 5.10. The Morgan fingerprint density at radius 1 is 0.272 bits per heavy atom. The zero-order valence-electron chi connectivity index (χ0n) is 67.5. The summed E-state index contributed by atoms with van der Waals surface area (Å²) in [6.45, 7) is 7.33. The number of rotatable bonds is 84. The molecule has 0 spiro atoms. The van der Waals surface area contributed by atoms with Crippen molar-refractivity contribution in [3.8, 4) is 0 Å². The summed E-state index contributed by atoms with van der Waals surface area (Å²) in [5, 5.41) is 10.6. The highest BCUT2D eigenvalue weighted by molar-refractivity contribution is 7.47. The molecule has 3 unspecified atom stereocenters. The number of phosphoric acid groups is 2. The molecule has 0 rings (SSSR count). The van der Waals surface area contributed by atoms with Crippen LogP contribution in [0.1, 0.15) is 452 Å². The first-order valence-corrected chi connectivity index (χ1v) is 46.7. The van der Waals surface area contributed by atoms with E-state index < -0.39 is 97.5 Å². The van der Waals surface area contributed by atoms with Gasteiger partial charge >= 0.3 is 39.5 Å². The number of hydrogen-bond donors (Lipinski definition) is 3. The summed E-state index contributed by atoms with van der Waals surface area (Å²) in [7, 11) is -9.91. The highest BCUT2D eigenvalue weighted by Crippen LogP contribution is 2.45. The molecule has 0 saturated carbocycles. The Hall–Kier alpha value is -1.94. The Bertz CT molecular complexity index is 1960. The van der Waals surface area contributed by atoms with E-state index in [4.69, 9.17) is 37.0 Å². The zero-order valence-corrected chi connectivity index (χ0v) is 69.3. The second kappa shape index (κ2) is 76.8. The molecule has 0 amide bonds. The molecule has 0 fully saturated rings. The summed E-state index contributed by atoms with van der Waals surface area (Å²) < 4.78 is 68.6. The molecule has 17 nitrogen and oxygen atoms in total. The Labute approximate surface area is 632 Å². The first kappa shape index (κ1) is 101. The Morgan fingerprint density at radius 3 is 0.689 bits per heavy atom. The number of carbonyl (C=O) groups excluding carboxylic acids is 4. The van der Waals surface area contributed by atoms with Gasteiger partial charge in [0.15, 0.2) is 12.2 Å². The second-order valence-electron chi connectivity index (χ2n) is 30.5. The molecule has 19 heteroatoms. The van der Waals surface area contributed by atoms with Crippen LogP contribution in [0.4, 0.5) is 0 Å². The average Bonchev–Trinajstić information content (AvgIpc) is 0.924. The summed E-state index contributed by atoms with van der Waals surface area (Å²) in [4.78, 5) is 72.8. The van der Waals surface area contributed by atoms with Crippen molar-refractivity contribution in [2.75, 3.05) is 39.6 Å². The molecule has 0 heterocycles. The lowest BCUT2D eigenvalue weighted by Crippen LogP contribution is -2.30. The molecular weight excluding hydrogens is 1340 g/mol. The van der Waals surface area contributed by atoms with E-state index in [9.17, 15) is 43.2 Å². The fourth-order valence-corrected chi connectivity index (χ4v) is 14.7. The lowest BCUT2D eigenvalue weighted by molar-refractivity contribution is -0.161. The molecule has 0 aliphatic carbocycles. The van der Waals surface area contributed by atoms with E-state index in [0.29, 0.717) is 25.7 Å². The van der Waals surface area contributed by atoms with Gasteiger partial charge in [-0.25, -0.2) is 9.13 Å². The van der Waals surface area contributed by atoms with Crippen LogP contribution in [0.3, 0.4) is 0 Å². The maximum absolute atomic E-state index is 13.1. The molecule has 3 N–H and O–H groups in total. The molecule has 0 aromatic rings. The summed E-state index contributed by atoms with van der Waals surface area (Å²) >= 11 is 0. The minimum Gasteiger partial charge on any atom is -0.462 e. The molecule has 0 aliphatic heterocycles. The number of ether oxygens (including phenoxy) is 4. The zero-order chi connectivity index (χ0) is 75.5. The number of hydrogen-bond acceptors (Lipinski definition) is 15. The van der Waals surface area contributed by atoms with Crippen molar-refractivity contribution in [1.29, 1.82) is 0 Å². The van der Waals surface area contributed by atoms with Gasteiger partial charge in [0.05, 0.1) is 26.4 Å². The van der Waals surface area contributed by atoms with Gasteiger partial charge in [-0.3, -0.25) is 37.3 Å². The number of esters is 4. The fraction of sp³-hybridized carbons (Fsp3) is 0.952. The van der Waals surface area contributed by atoms with Crippen LogP contribution in [0.2, 0.25) is 0 Å². The number of phosphoric ester groups is 2. The predicted octanol–water partition coefficient (Wildman–Crippen LogP) is 25.6. The van der Waals surface area contributed by atoms with Crippen LogP contribution in [0.15, 0.2) is 0 Å². The van der Waals surface area contributed by atoms with Crippen LogP contribution in [0.25, 0.3) is 0 Å². The maximum atomic E-state index is 13.1. The molecular formula is C84H164O17P2. The Kier molecular flexibility index (Phi) is 75.4. The number of unbranched alkanes of at least 4 members (excludes halogenated alkanes) is 55. The third-order valence-electron chi connectivity index (χ3n) is 20.1. The molecule has 0 radical (unpaired) electrons. The van der Waals surface area contributed by atoms with Crippen LogP contribution in [-0.4, -0.2) is 96.7 Å². The third kappa shape index (κ3) is 76.6. The first-order chi connectivity index (χ1) is 50.1. The van der Waals surface area contributed by atoms with Crippen molar-refractivity contribution < 1.29 is 80.2 Å². The standard InChI is InChI=1S/C84H164O17P2/c1-6-10-13-16-18-20-22-24-26-28-33-37-41-45-49-53-58-63-68-82(87)95-74-80(101-84(89)70-65-60-55-51-47-43-39-35-31-30-32-36-40-44-48-52-57-61-66-77(5)9-4)76-99-103(92,93)97-72-78(85)71-96-102(90,91)98-75-79(73-94-81(86)67-62-56-15-12-8-3)100-83(88)69-64-59-54-50-46-42-38-34-29-27-25-23-21-19-17-14-11-7-2/h77-80,85H,6-76H2,1-5H3,(H,90,91)(H,92,93)/t77?,78-,79+,80+/m0/s1. The van der Waals surface area contributed by atoms with Crippen LogP contribution < -0.4 is 0 Å². The van der Waals surface area contributed by atoms with Crippen LogP contribution in [0.5, 0.6) is 0 Å². The first-order valence-electron chi connectivity index (χ1n) is 43.7. The molecule has 6 atom stereocenters. The van der Waals surface area contributed by atoms with Gasteiger partial charge in [0.25, 0.3) is 0 Å². The van der Waals surface area contributed by atoms with Gasteiger partial charge in [-0.15, -0.1) is 0 Å². The quantitative estimate of drug-likeness (QED) is 0.0222. The van der Waals surface area contributed by atoms with Gasteiger partial charge in [0, 0.05) is 25.7 Å². The molecule has 0 aromatic heterocycles. The van der Waals surface area contributed by atoms with E-state index in [1.165, 1.54) is 270 Å². The largest absolute Gasteiger partial charge is 0.472 e. The number of carbonyl (C=O) groups is 4. The van der Waals surface area contributed by atoms with Gasteiger partial charge in [0.1, 0.15) is 19.3 Å². The van der Waals surface area contributed by atoms with Gasteiger partial charge in [-0.1, -0.05) is 401 Å². The normalized spacial score (nSPS) is 14.1. The van der Waals surface area contributed by atoms with E-state index in [1.807, 2.05) is 0 Å². The average molecular weight is 1510 g/mol. The van der Waals surface area contributed by atoms with E-state index >= 15 is 0 Å². The van der Waals surface area contributed by atoms with Gasteiger partial charge in [-0.05, 0) is 31.6 Å². The van der Waals surface area contributed by atoms with Gasteiger partial charge in [0.2, 0.25) is 0 Å². The summed E-state index contributed by atoms with van der Waals surface area (Å²) in [5.74, 6) is -1.24. The molecule has 0 aromatic carbocycles. The van der Waals surface area contributed by atoms with E-state index in [0.717, 1.165) is 102 Å². The lowest BCUT2D eigenvalue weighted by Gasteiger charge is -2.21. The number of aliphatic hydroxyl groups is 1. The predicted molar refractivity (Wildman–Crippen MR) is 423 cm³/mol. The Morgan fingerprint density at radius 2 is 0.466 bits per heavy atom. The van der Waals surface area contributed by atoms with Crippen molar-refractivity contribution in [2.45, 2.75) is 470 Å². The third-order valence-corrected chi connectivity index (χ3v) is 22.0. The second-order valence-corrected chi connectivity index (χ2v) is 33.4. The van der Waals surface area contributed by atoms with Crippen LogP contribution in [0, 0.1) is 5.92 Å². The van der Waals surface area contributed by atoms with Crippen molar-refractivity contribution in [3.63, 3.8) is 0 Å². The molecule has 612 valence electrons. The molecule has 103 heavy (non-hydrogen) atoms. The summed E-state index contributed by atoms with van der Waals surface area (Å²) in [5.41, 5.74) is 0. The smallest absolute Gasteiger partial charge is 0.462 e. The van der Waals surface area contributed by atoms with E-state index in [1.54, 1.807) is 0 Å². The molecule has 0 aliphatic rings. The highest BCUT2D eigenvalue weighted by Gasteiger charge is 2.30. The molecule has 0 bridgehead atoms. The van der Waals surface area contributed by atoms with Gasteiger partial charge in [-0.2, -0.15) is 0 Å².